The summed E-state index contributed by atoms with van der Waals surface area (Å²) in [7, 11) is -5.70. The Morgan fingerprint density at radius 3 is 2.45 bits per heavy atom. The predicted molar refractivity (Wildman–Crippen MR) is 119 cm³/mol. The number of hydrogen-bond acceptors (Lipinski definition) is 7. The fraction of sp³-hybridized carbons (Fsp3) is 0.600. The van der Waals surface area contributed by atoms with E-state index in [0.717, 1.165) is 0 Å². The molecule has 11 heteroatoms. The van der Waals surface area contributed by atoms with Gasteiger partial charge in [-0.25, -0.2) is 17.9 Å². The molecule has 1 aromatic rings. The van der Waals surface area contributed by atoms with Gasteiger partial charge in [0.05, 0.1) is 18.1 Å². The molecule has 0 spiro atoms. The molecule has 0 amide bonds. The third-order valence-electron chi connectivity index (χ3n) is 5.48. The fourth-order valence-electron chi connectivity index (χ4n) is 2.51. The van der Waals surface area contributed by atoms with E-state index in [1.165, 1.54) is 24.3 Å². The van der Waals surface area contributed by atoms with Crippen molar-refractivity contribution < 1.29 is 32.3 Å². The summed E-state index contributed by atoms with van der Waals surface area (Å²) in [5.74, 6) is -1.27. The zero-order valence-corrected chi connectivity index (χ0v) is 20.5. The van der Waals surface area contributed by atoms with Crippen LogP contribution in [0.5, 0.6) is 0 Å². The maximum Gasteiger partial charge on any atom is 0.358 e. The van der Waals surface area contributed by atoms with Gasteiger partial charge in [0.2, 0.25) is 10.0 Å². The molecule has 9 nitrogen and oxygen atoms in total. The van der Waals surface area contributed by atoms with Crippen molar-refractivity contribution >= 4 is 30.0 Å². The van der Waals surface area contributed by atoms with Crippen LogP contribution in [0.2, 0.25) is 18.1 Å². The first-order valence-electron chi connectivity index (χ1n) is 10.1. The number of rotatable bonds is 10. The van der Waals surface area contributed by atoms with Crippen LogP contribution >= 0.6 is 0 Å². The monoisotopic (exact) mass is 472 g/mol. The minimum absolute atomic E-state index is 0.0263. The number of nitrogens with zero attached hydrogens (tertiary/aromatic N) is 1. The standard InChI is InChI=1S/C20H32N2O7SSi/c1-20(2,3)31(4,5)28-13-11-21-30(25,26)17-8-6-15(7-9-17)18(19(23)24)22-29-16-10-12-27-14-16/h6-9,16,21H,10-14H2,1-5H3,(H,23,24)/b22-18+/t16-/m1/s1. The number of aliphatic carboxylic acids is 1. The Morgan fingerprint density at radius 2 is 1.94 bits per heavy atom. The van der Waals surface area contributed by atoms with Crippen LogP contribution in [0.25, 0.3) is 0 Å². The van der Waals surface area contributed by atoms with Crippen molar-refractivity contribution in [3.05, 3.63) is 29.8 Å². The molecule has 1 aliphatic rings. The Bertz CT molecular complexity index is 887. The molecule has 31 heavy (non-hydrogen) atoms. The highest BCUT2D eigenvalue weighted by Crippen LogP contribution is 2.36. The van der Waals surface area contributed by atoms with E-state index in [1.807, 2.05) is 0 Å². The van der Waals surface area contributed by atoms with Crippen LogP contribution in [0, 0.1) is 0 Å². The lowest BCUT2D eigenvalue weighted by molar-refractivity contribution is -0.129. The van der Waals surface area contributed by atoms with E-state index in [0.29, 0.717) is 19.6 Å². The van der Waals surface area contributed by atoms with Gasteiger partial charge in [-0.1, -0.05) is 38.1 Å². The van der Waals surface area contributed by atoms with Gasteiger partial charge >= 0.3 is 5.97 Å². The van der Waals surface area contributed by atoms with Gasteiger partial charge in [-0.05, 0) is 30.3 Å². The Morgan fingerprint density at radius 1 is 1.29 bits per heavy atom. The molecule has 0 aliphatic carbocycles. The molecule has 0 radical (unpaired) electrons. The van der Waals surface area contributed by atoms with Gasteiger partial charge in [-0.15, -0.1) is 0 Å². The minimum atomic E-state index is -3.75. The molecule has 1 heterocycles. The highest BCUT2D eigenvalue weighted by Gasteiger charge is 2.36. The van der Waals surface area contributed by atoms with Crippen LogP contribution in [0.3, 0.4) is 0 Å². The molecule has 174 valence electrons. The van der Waals surface area contributed by atoms with Crippen LogP contribution in [0.15, 0.2) is 34.3 Å². The molecule has 1 fully saturated rings. The van der Waals surface area contributed by atoms with Gasteiger partial charge in [0.25, 0.3) is 0 Å². The maximum atomic E-state index is 12.5. The van der Waals surface area contributed by atoms with Gasteiger partial charge in [-0.3, -0.25) is 0 Å². The van der Waals surface area contributed by atoms with Gasteiger partial charge in [0.1, 0.15) is 0 Å². The predicted octanol–water partition coefficient (Wildman–Crippen LogP) is 2.58. The molecular formula is C20H32N2O7SSi. The Hall–Kier alpha value is -1.79. The second kappa shape index (κ2) is 10.2. The molecule has 1 atom stereocenters. The molecular weight excluding hydrogens is 440 g/mol. The minimum Gasteiger partial charge on any atom is -0.476 e. The Labute approximate surface area is 184 Å². The SMILES string of the molecule is CC(C)(C)[Si](C)(C)OCCNS(=O)(=O)c1ccc(/C(=N\O[C@@H]2CCOC2)C(=O)O)cc1. The summed E-state index contributed by atoms with van der Waals surface area (Å²) in [4.78, 5) is 16.8. The average Bonchev–Trinajstić information content (AvgIpc) is 3.18. The zero-order chi connectivity index (χ0) is 23.3. The van der Waals surface area contributed by atoms with Crippen molar-refractivity contribution in [3.8, 4) is 0 Å². The fourth-order valence-corrected chi connectivity index (χ4v) is 4.57. The second-order valence-electron chi connectivity index (χ2n) is 8.87. The summed E-state index contributed by atoms with van der Waals surface area (Å²) in [6.45, 7) is 11.9. The van der Waals surface area contributed by atoms with E-state index in [-0.39, 0.29) is 40.5 Å². The van der Waals surface area contributed by atoms with E-state index in [1.54, 1.807) is 0 Å². The highest BCUT2D eigenvalue weighted by molar-refractivity contribution is 7.89. The van der Waals surface area contributed by atoms with E-state index >= 15 is 0 Å². The number of nitrogens with one attached hydrogen (secondary N) is 1. The number of benzene rings is 1. The largest absolute Gasteiger partial charge is 0.476 e. The van der Waals surface area contributed by atoms with E-state index < -0.39 is 24.3 Å². The molecule has 2 rings (SSSR count). The smallest absolute Gasteiger partial charge is 0.358 e. The first-order valence-corrected chi connectivity index (χ1v) is 14.5. The number of oxime groups is 1. The summed E-state index contributed by atoms with van der Waals surface area (Å²) in [5, 5.41) is 13.2. The molecule has 2 N–H and O–H groups in total. The molecule has 0 unspecified atom stereocenters. The van der Waals surface area contributed by atoms with Crippen molar-refractivity contribution in [1.82, 2.24) is 4.72 Å². The third kappa shape index (κ3) is 7.11. The average molecular weight is 473 g/mol. The van der Waals surface area contributed by atoms with Crippen molar-refractivity contribution in [1.29, 1.82) is 0 Å². The molecule has 1 aromatic carbocycles. The van der Waals surface area contributed by atoms with E-state index in [4.69, 9.17) is 14.0 Å². The van der Waals surface area contributed by atoms with Crippen molar-refractivity contribution in [2.75, 3.05) is 26.4 Å². The topological polar surface area (TPSA) is 124 Å². The summed E-state index contributed by atoms with van der Waals surface area (Å²) < 4.78 is 38.7. The highest BCUT2D eigenvalue weighted by atomic mass is 32.2. The second-order valence-corrected chi connectivity index (χ2v) is 15.4. The zero-order valence-electron chi connectivity index (χ0n) is 18.7. The van der Waals surface area contributed by atoms with Crippen LogP contribution < -0.4 is 4.72 Å². The Kier molecular flexibility index (Phi) is 8.39. The number of carboxylic acids is 1. The van der Waals surface area contributed by atoms with Crippen LogP contribution in [-0.2, 0) is 28.8 Å². The molecule has 1 saturated heterocycles. The number of sulfonamides is 1. The summed E-state index contributed by atoms with van der Waals surface area (Å²) in [5.41, 5.74) is -0.0572. The number of carboxylic acid groups (broad SMARTS) is 1. The molecule has 0 bridgehead atoms. The normalized spacial score (nSPS) is 18.2. The first kappa shape index (κ1) is 25.5. The van der Waals surface area contributed by atoms with Gasteiger partial charge in [-0.2, -0.15) is 0 Å². The third-order valence-corrected chi connectivity index (χ3v) is 11.5. The lowest BCUT2D eigenvalue weighted by atomic mass is 10.1. The molecule has 0 saturated carbocycles. The van der Waals surface area contributed by atoms with Gasteiger partial charge < -0.3 is 19.1 Å². The first-order chi connectivity index (χ1) is 14.3. The lowest BCUT2D eigenvalue weighted by Gasteiger charge is -2.36. The van der Waals surface area contributed by atoms with E-state index in [9.17, 15) is 18.3 Å². The van der Waals surface area contributed by atoms with Crippen molar-refractivity contribution in [2.45, 2.75) is 56.3 Å². The molecule has 1 aliphatic heterocycles. The lowest BCUT2D eigenvalue weighted by Crippen LogP contribution is -2.42. The summed E-state index contributed by atoms with van der Waals surface area (Å²) in [6.07, 6.45) is 0.352. The van der Waals surface area contributed by atoms with Crippen LogP contribution in [0.4, 0.5) is 0 Å². The van der Waals surface area contributed by atoms with Crippen LogP contribution in [0.1, 0.15) is 32.8 Å². The maximum absolute atomic E-state index is 12.5. The van der Waals surface area contributed by atoms with E-state index in [2.05, 4.69) is 43.7 Å². The van der Waals surface area contributed by atoms with Crippen molar-refractivity contribution in [2.24, 2.45) is 5.16 Å². The Balaban J connectivity index is 2.00. The van der Waals surface area contributed by atoms with Gasteiger partial charge in [0.15, 0.2) is 20.1 Å². The summed E-state index contributed by atoms with van der Waals surface area (Å²) in [6, 6.07) is 5.46. The number of carbonyl (C=O) groups is 1. The summed E-state index contributed by atoms with van der Waals surface area (Å²) >= 11 is 0. The van der Waals surface area contributed by atoms with Crippen molar-refractivity contribution in [3.63, 3.8) is 0 Å². The molecule has 0 aromatic heterocycles. The van der Waals surface area contributed by atoms with Gasteiger partial charge in [0, 0.05) is 25.1 Å². The number of hydrogen-bond donors (Lipinski definition) is 2. The quantitative estimate of drug-likeness (QED) is 0.232. The number of ether oxygens (including phenoxy) is 1. The van der Waals surface area contributed by atoms with Crippen LogP contribution in [-0.4, -0.2) is 66.0 Å².